The van der Waals surface area contributed by atoms with Crippen molar-refractivity contribution in [2.75, 3.05) is 5.32 Å². The van der Waals surface area contributed by atoms with E-state index in [1.165, 1.54) is 0 Å². The maximum atomic E-state index is 11.8. The summed E-state index contributed by atoms with van der Waals surface area (Å²) in [6, 6.07) is 16.3. The van der Waals surface area contributed by atoms with Crippen molar-refractivity contribution in [3.8, 4) is 6.07 Å². The van der Waals surface area contributed by atoms with Crippen molar-refractivity contribution in [2.45, 2.75) is 19.9 Å². The van der Waals surface area contributed by atoms with Gasteiger partial charge in [0.25, 0.3) is 0 Å². The highest BCUT2D eigenvalue weighted by Gasteiger charge is 2.09. The molecule has 2 aromatic rings. The molecule has 0 aliphatic heterocycles. The minimum Gasteiger partial charge on any atom is -0.352 e. The van der Waals surface area contributed by atoms with Gasteiger partial charge < -0.3 is 10.6 Å². The molecule has 2 rings (SSSR count). The summed E-state index contributed by atoms with van der Waals surface area (Å²) in [6.45, 7) is 2.37. The highest BCUT2D eigenvalue weighted by atomic mass is 16.2. The molecule has 0 aromatic heterocycles. The number of nitrogens with zero attached hydrogens (tertiary/aromatic N) is 1. The van der Waals surface area contributed by atoms with E-state index in [0.29, 0.717) is 17.8 Å². The average Bonchev–Trinajstić information content (AvgIpc) is 2.53. The van der Waals surface area contributed by atoms with Crippen LogP contribution in [0, 0.1) is 18.3 Å². The largest absolute Gasteiger partial charge is 0.352 e. The van der Waals surface area contributed by atoms with Gasteiger partial charge in [-0.1, -0.05) is 35.9 Å². The van der Waals surface area contributed by atoms with Crippen LogP contribution >= 0.6 is 0 Å². The number of rotatable bonds is 5. The summed E-state index contributed by atoms with van der Waals surface area (Å²) in [5.41, 5.74) is 3.06. The van der Waals surface area contributed by atoms with Crippen LogP contribution in [0.3, 0.4) is 0 Å². The van der Waals surface area contributed by atoms with Crippen molar-refractivity contribution in [3.63, 3.8) is 0 Å². The number of nitrogens with one attached hydrogen (secondary N) is 2. The number of hydrogen-bond donors (Lipinski definition) is 2. The minimum absolute atomic E-state index is 0.261. The first-order chi connectivity index (χ1) is 11.1. The molecule has 0 saturated carbocycles. The third-order valence-corrected chi connectivity index (χ3v) is 3.17. The summed E-state index contributed by atoms with van der Waals surface area (Å²) in [5.74, 6) is -0.762. The summed E-state index contributed by atoms with van der Waals surface area (Å²) < 4.78 is 0. The highest BCUT2D eigenvalue weighted by Crippen LogP contribution is 2.10. The number of hydrogen-bond acceptors (Lipinski definition) is 3. The lowest BCUT2D eigenvalue weighted by molar-refractivity contribution is -0.126. The SMILES string of the molecule is Cc1cccc(CNC(=O)CC(=O)Nc2cccc(C#N)c2)c1. The lowest BCUT2D eigenvalue weighted by Gasteiger charge is -2.07. The molecule has 0 fully saturated rings. The summed E-state index contributed by atoms with van der Waals surface area (Å²) in [7, 11) is 0. The number of nitriles is 1. The van der Waals surface area contributed by atoms with Crippen LogP contribution in [0.2, 0.25) is 0 Å². The van der Waals surface area contributed by atoms with E-state index < -0.39 is 5.91 Å². The fourth-order valence-corrected chi connectivity index (χ4v) is 2.10. The summed E-state index contributed by atoms with van der Waals surface area (Å²) in [4.78, 5) is 23.6. The summed E-state index contributed by atoms with van der Waals surface area (Å²) in [5, 5.41) is 14.1. The van der Waals surface area contributed by atoms with Crippen molar-refractivity contribution in [2.24, 2.45) is 0 Å². The van der Waals surface area contributed by atoms with Crippen LogP contribution in [-0.2, 0) is 16.1 Å². The fraction of sp³-hybridized carbons (Fsp3) is 0.167. The average molecular weight is 307 g/mol. The van der Waals surface area contributed by atoms with E-state index in [0.717, 1.165) is 11.1 Å². The minimum atomic E-state index is -0.415. The number of carbonyl (C=O) groups excluding carboxylic acids is 2. The van der Waals surface area contributed by atoms with Crippen LogP contribution in [0.15, 0.2) is 48.5 Å². The highest BCUT2D eigenvalue weighted by molar-refractivity contribution is 6.03. The Morgan fingerprint density at radius 2 is 1.87 bits per heavy atom. The van der Waals surface area contributed by atoms with Crippen LogP contribution in [-0.4, -0.2) is 11.8 Å². The van der Waals surface area contributed by atoms with Crippen molar-refractivity contribution < 1.29 is 9.59 Å². The molecule has 5 nitrogen and oxygen atoms in total. The molecule has 0 unspecified atom stereocenters. The van der Waals surface area contributed by atoms with Crippen LogP contribution in [0.1, 0.15) is 23.1 Å². The van der Waals surface area contributed by atoms with E-state index in [4.69, 9.17) is 5.26 Å². The molecule has 0 saturated heterocycles. The summed E-state index contributed by atoms with van der Waals surface area (Å²) in [6.07, 6.45) is -0.261. The maximum Gasteiger partial charge on any atom is 0.233 e. The van der Waals surface area contributed by atoms with E-state index >= 15 is 0 Å². The molecular formula is C18H17N3O2. The zero-order chi connectivity index (χ0) is 16.7. The molecule has 0 radical (unpaired) electrons. The molecular weight excluding hydrogens is 290 g/mol. The quantitative estimate of drug-likeness (QED) is 0.833. The van der Waals surface area contributed by atoms with Crippen LogP contribution in [0.25, 0.3) is 0 Å². The van der Waals surface area contributed by atoms with Gasteiger partial charge in [0.2, 0.25) is 11.8 Å². The number of anilines is 1. The summed E-state index contributed by atoms with van der Waals surface area (Å²) >= 11 is 0. The van der Waals surface area contributed by atoms with Gasteiger partial charge in [0.15, 0.2) is 0 Å². The normalized spacial score (nSPS) is 9.74. The van der Waals surface area contributed by atoms with Crippen molar-refractivity contribution >= 4 is 17.5 Å². The number of benzene rings is 2. The standard InChI is InChI=1S/C18H17N3O2/c1-13-4-2-6-15(8-13)12-20-17(22)10-18(23)21-16-7-3-5-14(9-16)11-19/h2-9H,10,12H2,1H3,(H,20,22)(H,21,23). The zero-order valence-electron chi connectivity index (χ0n) is 12.8. The van der Waals surface area contributed by atoms with Crippen LogP contribution in [0.5, 0.6) is 0 Å². The lowest BCUT2D eigenvalue weighted by Crippen LogP contribution is -2.27. The number of carbonyl (C=O) groups is 2. The molecule has 0 bridgehead atoms. The predicted octanol–water partition coefficient (Wildman–Crippen LogP) is 2.51. The van der Waals surface area contributed by atoms with Crippen molar-refractivity contribution in [1.29, 1.82) is 5.26 Å². The van der Waals surface area contributed by atoms with Gasteiger partial charge >= 0.3 is 0 Å². The topological polar surface area (TPSA) is 82.0 Å². The van der Waals surface area contributed by atoms with Gasteiger partial charge in [0.05, 0.1) is 11.6 Å². The predicted molar refractivity (Wildman–Crippen MR) is 87.4 cm³/mol. The van der Waals surface area contributed by atoms with Gasteiger partial charge in [-0.15, -0.1) is 0 Å². The van der Waals surface area contributed by atoms with Gasteiger partial charge in [-0.2, -0.15) is 5.26 Å². The first-order valence-corrected chi connectivity index (χ1v) is 7.19. The molecule has 0 heterocycles. The molecule has 116 valence electrons. The Bertz CT molecular complexity index is 763. The number of aryl methyl sites for hydroxylation is 1. The zero-order valence-corrected chi connectivity index (χ0v) is 12.8. The maximum absolute atomic E-state index is 11.8. The van der Waals surface area contributed by atoms with E-state index in [2.05, 4.69) is 10.6 Å². The van der Waals surface area contributed by atoms with Gasteiger partial charge in [-0.25, -0.2) is 0 Å². The third kappa shape index (κ3) is 5.29. The van der Waals surface area contributed by atoms with E-state index in [9.17, 15) is 9.59 Å². The Hall–Kier alpha value is -3.13. The Kier molecular flexibility index (Phi) is 5.48. The van der Waals surface area contributed by atoms with Gasteiger partial charge in [0, 0.05) is 12.2 Å². The Morgan fingerprint density at radius 1 is 1.09 bits per heavy atom. The first-order valence-electron chi connectivity index (χ1n) is 7.19. The van der Waals surface area contributed by atoms with Crippen molar-refractivity contribution in [3.05, 3.63) is 65.2 Å². The van der Waals surface area contributed by atoms with Gasteiger partial charge in [-0.3, -0.25) is 9.59 Å². The van der Waals surface area contributed by atoms with E-state index in [1.54, 1.807) is 24.3 Å². The molecule has 2 N–H and O–H groups in total. The second kappa shape index (κ2) is 7.76. The monoisotopic (exact) mass is 307 g/mol. The lowest BCUT2D eigenvalue weighted by atomic mass is 10.1. The smallest absolute Gasteiger partial charge is 0.233 e. The third-order valence-electron chi connectivity index (χ3n) is 3.17. The van der Waals surface area contributed by atoms with E-state index in [1.807, 2.05) is 37.3 Å². The van der Waals surface area contributed by atoms with Crippen LogP contribution < -0.4 is 10.6 Å². The fourth-order valence-electron chi connectivity index (χ4n) is 2.10. The molecule has 0 aliphatic rings. The van der Waals surface area contributed by atoms with E-state index in [-0.39, 0.29) is 12.3 Å². The molecule has 5 heteroatoms. The molecule has 0 aliphatic carbocycles. The first kappa shape index (κ1) is 16.2. The van der Waals surface area contributed by atoms with Gasteiger partial charge in [0.1, 0.15) is 6.42 Å². The molecule has 2 aromatic carbocycles. The molecule has 0 spiro atoms. The van der Waals surface area contributed by atoms with Crippen molar-refractivity contribution in [1.82, 2.24) is 5.32 Å². The second-order valence-corrected chi connectivity index (χ2v) is 5.18. The molecule has 2 amide bonds. The Morgan fingerprint density at radius 3 is 2.61 bits per heavy atom. The Balaban J connectivity index is 1.82. The second-order valence-electron chi connectivity index (χ2n) is 5.18. The molecule has 23 heavy (non-hydrogen) atoms. The van der Waals surface area contributed by atoms with Crippen LogP contribution in [0.4, 0.5) is 5.69 Å². The Labute approximate surface area is 134 Å². The number of amides is 2. The molecule has 0 atom stereocenters. The van der Waals surface area contributed by atoms with Gasteiger partial charge in [-0.05, 0) is 30.7 Å².